The highest BCUT2D eigenvalue weighted by Gasteiger charge is 2.28. The van der Waals surface area contributed by atoms with Gasteiger partial charge < -0.3 is 9.67 Å². The number of fused-ring (bicyclic) bond motifs is 1. The van der Waals surface area contributed by atoms with Gasteiger partial charge in [0.25, 0.3) is 5.56 Å². The Morgan fingerprint density at radius 2 is 2.00 bits per heavy atom. The van der Waals surface area contributed by atoms with Gasteiger partial charge in [-0.3, -0.25) is 4.79 Å². The Kier molecular flexibility index (Phi) is 3.45. The van der Waals surface area contributed by atoms with E-state index in [0.717, 1.165) is 30.5 Å². The number of hydrogen-bond acceptors (Lipinski definition) is 3. The number of nitrogens with zero attached hydrogens (tertiary/aromatic N) is 3. The van der Waals surface area contributed by atoms with E-state index >= 15 is 0 Å². The van der Waals surface area contributed by atoms with E-state index in [1.807, 2.05) is 41.0 Å². The monoisotopic (exact) mass is 323 g/mol. The van der Waals surface area contributed by atoms with Gasteiger partial charge in [0.15, 0.2) is 0 Å². The lowest BCUT2D eigenvalue weighted by Crippen LogP contribution is -2.26. The van der Waals surface area contributed by atoms with Crippen LogP contribution in [-0.4, -0.2) is 25.3 Å². The molecule has 0 bridgehead atoms. The molecular weight excluding hydrogens is 306 g/mol. The number of carbonyl (C=O) groups is 1. The third kappa shape index (κ3) is 2.60. The lowest BCUT2D eigenvalue weighted by Gasteiger charge is -2.10. The van der Waals surface area contributed by atoms with E-state index in [0.29, 0.717) is 18.1 Å². The van der Waals surface area contributed by atoms with Crippen molar-refractivity contribution in [2.75, 3.05) is 0 Å². The van der Waals surface area contributed by atoms with Gasteiger partial charge in [0.05, 0.1) is 5.69 Å². The molecule has 1 fully saturated rings. The van der Waals surface area contributed by atoms with Gasteiger partial charge in [-0.25, -0.2) is 4.79 Å². The maximum absolute atomic E-state index is 12.4. The van der Waals surface area contributed by atoms with Crippen molar-refractivity contribution in [1.82, 2.24) is 14.2 Å². The standard InChI is InChI=1S/C18H17N3O3/c22-17-14(18(23)24)11-20(9-8-12-4-2-1-3-5-12)16-10-15(13-6-7-13)19-21(16)17/h1-5,10-11,13H,6-9H2,(H,23,24). The zero-order valence-electron chi connectivity index (χ0n) is 13.1. The molecule has 0 aliphatic heterocycles. The van der Waals surface area contributed by atoms with E-state index in [-0.39, 0.29) is 5.56 Å². The van der Waals surface area contributed by atoms with Crippen molar-refractivity contribution in [3.63, 3.8) is 0 Å². The van der Waals surface area contributed by atoms with Crippen LogP contribution in [0.2, 0.25) is 0 Å². The van der Waals surface area contributed by atoms with Crippen molar-refractivity contribution in [2.24, 2.45) is 0 Å². The number of aromatic carboxylic acids is 1. The largest absolute Gasteiger partial charge is 0.477 e. The molecule has 0 unspecified atom stereocenters. The first-order valence-electron chi connectivity index (χ1n) is 8.04. The molecular formula is C18H17N3O3. The Morgan fingerprint density at radius 3 is 2.67 bits per heavy atom. The summed E-state index contributed by atoms with van der Waals surface area (Å²) in [4.78, 5) is 23.7. The highest BCUT2D eigenvalue weighted by molar-refractivity contribution is 5.87. The van der Waals surface area contributed by atoms with Crippen LogP contribution in [0.25, 0.3) is 5.65 Å². The van der Waals surface area contributed by atoms with Gasteiger partial charge in [0.2, 0.25) is 0 Å². The maximum atomic E-state index is 12.4. The van der Waals surface area contributed by atoms with Crippen molar-refractivity contribution >= 4 is 11.6 Å². The normalized spacial score (nSPS) is 14.2. The van der Waals surface area contributed by atoms with E-state index in [4.69, 9.17) is 0 Å². The van der Waals surface area contributed by atoms with Crippen LogP contribution in [0.5, 0.6) is 0 Å². The number of aryl methyl sites for hydroxylation is 2. The summed E-state index contributed by atoms with van der Waals surface area (Å²) in [6.07, 6.45) is 4.34. The van der Waals surface area contributed by atoms with E-state index in [1.54, 1.807) is 0 Å². The Labute approximate surface area is 138 Å². The number of benzene rings is 1. The minimum absolute atomic E-state index is 0.249. The number of aromatic nitrogens is 3. The minimum atomic E-state index is -1.22. The smallest absolute Gasteiger partial charge is 0.342 e. The molecule has 0 atom stereocenters. The summed E-state index contributed by atoms with van der Waals surface area (Å²) in [6, 6.07) is 11.9. The quantitative estimate of drug-likeness (QED) is 0.782. The molecule has 1 aliphatic rings. The van der Waals surface area contributed by atoms with E-state index in [2.05, 4.69) is 5.10 Å². The van der Waals surface area contributed by atoms with Gasteiger partial charge in [-0.1, -0.05) is 30.3 Å². The molecule has 2 aromatic heterocycles. The Hall–Kier alpha value is -2.89. The number of carboxylic acid groups (broad SMARTS) is 1. The molecule has 6 heteroatoms. The third-order valence-corrected chi connectivity index (χ3v) is 4.42. The molecule has 0 radical (unpaired) electrons. The molecule has 4 rings (SSSR count). The molecule has 1 aliphatic carbocycles. The van der Waals surface area contributed by atoms with Gasteiger partial charge in [0, 0.05) is 24.7 Å². The molecule has 0 saturated heterocycles. The van der Waals surface area contributed by atoms with Gasteiger partial charge in [-0.2, -0.15) is 9.61 Å². The third-order valence-electron chi connectivity index (χ3n) is 4.42. The van der Waals surface area contributed by atoms with Gasteiger partial charge in [0.1, 0.15) is 11.2 Å². The van der Waals surface area contributed by atoms with Crippen LogP contribution in [-0.2, 0) is 13.0 Å². The van der Waals surface area contributed by atoms with Crippen LogP contribution < -0.4 is 5.56 Å². The zero-order chi connectivity index (χ0) is 16.7. The van der Waals surface area contributed by atoms with Crippen molar-refractivity contribution in [1.29, 1.82) is 0 Å². The van der Waals surface area contributed by atoms with Gasteiger partial charge >= 0.3 is 5.97 Å². The van der Waals surface area contributed by atoms with Gasteiger partial charge in [-0.15, -0.1) is 0 Å². The van der Waals surface area contributed by atoms with Crippen molar-refractivity contribution < 1.29 is 9.90 Å². The van der Waals surface area contributed by atoms with Crippen LogP contribution in [0.1, 0.15) is 40.4 Å². The van der Waals surface area contributed by atoms with Crippen molar-refractivity contribution in [3.05, 3.63) is 69.8 Å². The summed E-state index contributed by atoms with van der Waals surface area (Å²) in [5.74, 6) is -0.820. The fraction of sp³-hybridized carbons (Fsp3) is 0.278. The van der Waals surface area contributed by atoms with E-state index in [9.17, 15) is 14.7 Å². The van der Waals surface area contributed by atoms with E-state index in [1.165, 1.54) is 10.7 Å². The minimum Gasteiger partial charge on any atom is -0.477 e. The number of rotatable bonds is 5. The molecule has 0 amide bonds. The topological polar surface area (TPSA) is 76.6 Å². The maximum Gasteiger partial charge on any atom is 0.342 e. The zero-order valence-corrected chi connectivity index (χ0v) is 13.1. The molecule has 1 N–H and O–H groups in total. The summed E-state index contributed by atoms with van der Waals surface area (Å²) >= 11 is 0. The molecule has 1 saturated carbocycles. The number of hydrogen-bond donors (Lipinski definition) is 1. The molecule has 24 heavy (non-hydrogen) atoms. The molecule has 6 nitrogen and oxygen atoms in total. The summed E-state index contributed by atoms with van der Waals surface area (Å²) in [5, 5.41) is 13.7. The highest BCUT2D eigenvalue weighted by Crippen LogP contribution is 2.39. The summed E-state index contributed by atoms with van der Waals surface area (Å²) in [7, 11) is 0. The second kappa shape index (κ2) is 5.63. The fourth-order valence-corrected chi connectivity index (χ4v) is 2.93. The van der Waals surface area contributed by atoms with Crippen molar-refractivity contribution in [3.8, 4) is 0 Å². The first kappa shape index (κ1) is 14.7. The molecule has 2 heterocycles. The molecule has 3 aromatic rings. The van der Waals surface area contributed by atoms with Crippen LogP contribution in [0, 0.1) is 0 Å². The lowest BCUT2D eigenvalue weighted by atomic mass is 10.1. The Balaban J connectivity index is 1.78. The van der Waals surface area contributed by atoms with Crippen LogP contribution in [0.4, 0.5) is 0 Å². The first-order chi connectivity index (χ1) is 11.6. The van der Waals surface area contributed by atoms with Gasteiger partial charge in [-0.05, 0) is 24.8 Å². The second-order valence-electron chi connectivity index (χ2n) is 6.20. The first-order valence-corrected chi connectivity index (χ1v) is 8.04. The second-order valence-corrected chi connectivity index (χ2v) is 6.20. The molecule has 1 aromatic carbocycles. The lowest BCUT2D eigenvalue weighted by molar-refractivity contribution is 0.0693. The van der Waals surface area contributed by atoms with Crippen LogP contribution >= 0.6 is 0 Å². The predicted molar refractivity (Wildman–Crippen MR) is 88.5 cm³/mol. The number of carboxylic acids is 1. The fourth-order valence-electron chi connectivity index (χ4n) is 2.93. The average molecular weight is 323 g/mol. The van der Waals surface area contributed by atoms with Crippen LogP contribution in [0.15, 0.2) is 47.4 Å². The summed E-state index contributed by atoms with van der Waals surface area (Å²) < 4.78 is 3.05. The SMILES string of the molecule is O=C(O)c1cn(CCc2ccccc2)c2cc(C3CC3)nn2c1=O. The highest BCUT2D eigenvalue weighted by atomic mass is 16.4. The predicted octanol–water partition coefficient (Wildman–Crippen LogP) is 2.31. The van der Waals surface area contributed by atoms with Crippen molar-refractivity contribution in [2.45, 2.75) is 31.7 Å². The summed E-state index contributed by atoms with van der Waals surface area (Å²) in [5.41, 5.74) is 1.88. The van der Waals surface area contributed by atoms with E-state index < -0.39 is 11.5 Å². The molecule has 0 spiro atoms. The van der Waals surface area contributed by atoms with Crippen LogP contribution in [0.3, 0.4) is 0 Å². The Morgan fingerprint density at radius 1 is 1.25 bits per heavy atom. The average Bonchev–Trinajstić information content (AvgIpc) is 3.33. The Bertz CT molecular complexity index is 968. The molecule has 122 valence electrons. The summed E-state index contributed by atoms with van der Waals surface area (Å²) in [6.45, 7) is 0.587.